The number of carbonyl (C=O) groups is 2. The molecule has 9 heteroatoms. The summed E-state index contributed by atoms with van der Waals surface area (Å²) in [6, 6.07) is 6.75. The van der Waals surface area contributed by atoms with Gasteiger partial charge in [-0.15, -0.1) is 0 Å². The van der Waals surface area contributed by atoms with E-state index < -0.39 is 0 Å². The summed E-state index contributed by atoms with van der Waals surface area (Å²) in [4.78, 5) is 39.7. The number of rotatable bonds is 6. The third-order valence-corrected chi connectivity index (χ3v) is 5.31. The molecule has 0 saturated carbocycles. The van der Waals surface area contributed by atoms with Crippen LogP contribution in [0.2, 0.25) is 0 Å². The van der Waals surface area contributed by atoms with Crippen LogP contribution >= 0.6 is 0 Å². The van der Waals surface area contributed by atoms with Crippen LogP contribution in [0.25, 0.3) is 0 Å². The maximum Gasteiger partial charge on any atom is 0.329 e. The first-order chi connectivity index (χ1) is 14.4. The van der Waals surface area contributed by atoms with Gasteiger partial charge in [0.1, 0.15) is 23.9 Å². The summed E-state index contributed by atoms with van der Waals surface area (Å²) >= 11 is 0. The fraction of sp³-hybridized carbons (Fsp3) is 0.429. The SMILES string of the molecule is CC(=O)c1ccc2c(n1)N(C(=O)Nc1cc(OCCN(C)C)ccn1)[C@H]1CCN2C1. The molecule has 30 heavy (non-hydrogen) atoms. The predicted molar refractivity (Wildman–Crippen MR) is 115 cm³/mol. The number of hydrogen-bond donors (Lipinski definition) is 1. The molecule has 2 aliphatic heterocycles. The number of ketones is 1. The summed E-state index contributed by atoms with van der Waals surface area (Å²) in [5, 5.41) is 2.87. The van der Waals surface area contributed by atoms with Gasteiger partial charge in [0.05, 0.1) is 11.7 Å². The highest BCUT2D eigenvalue weighted by molar-refractivity contribution is 6.05. The van der Waals surface area contributed by atoms with Gasteiger partial charge < -0.3 is 14.5 Å². The van der Waals surface area contributed by atoms with Gasteiger partial charge in [0, 0.05) is 38.8 Å². The maximum absolute atomic E-state index is 13.2. The molecule has 2 aromatic rings. The number of likely N-dealkylation sites (N-methyl/N-ethyl adjacent to an activating group) is 1. The zero-order valence-electron chi connectivity index (χ0n) is 17.5. The Labute approximate surface area is 175 Å². The van der Waals surface area contributed by atoms with Crippen LogP contribution in [0.1, 0.15) is 23.8 Å². The highest BCUT2D eigenvalue weighted by Crippen LogP contribution is 2.39. The van der Waals surface area contributed by atoms with Crippen LogP contribution in [-0.2, 0) is 0 Å². The first-order valence-corrected chi connectivity index (χ1v) is 10.0. The molecule has 1 atom stereocenters. The lowest BCUT2D eigenvalue weighted by Crippen LogP contribution is -2.48. The van der Waals surface area contributed by atoms with E-state index in [4.69, 9.17) is 4.74 Å². The van der Waals surface area contributed by atoms with Gasteiger partial charge in [-0.25, -0.2) is 14.8 Å². The van der Waals surface area contributed by atoms with E-state index in [1.807, 2.05) is 25.1 Å². The smallest absolute Gasteiger partial charge is 0.329 e. The topological polar surface area (TPSA) is 90.9 Å². The van der Waals surface area contributed by atoms with Gasteiger partial charge >= 0.3 is 6.03 Å². The Morgan fingerprint density at radius 3 is 2.90 bits per heavy atom. The summed E-state index contributed by atoms with van der Waals surface area (Å²) < 4.78 is 5.73. The lowest BCUT2D eigenvalue weighted by molar-refractivity contribution is 0.101. The van der Waals surface area contributed by atoms with Crippen LogP contribution in [0.15, 0.2) is 30.5 Å². The quantitative estimate of drug-likeness (QED) is 0.731. The molecule has 2 aromatic heterocycles. The van der Waals surface area contributed by atoms with Gasteiger partial charge in [-0.1, -0.05) is 0 Å². The second-order valence-electron chi connectivity index (χ2n) is 7.81. The zero-order chi connectivity index (χ0) is 21.3. The van der Waals surface area contributed by atoms with E-state index in [1.165, 1.54) is 6.92 Å². The van der Waals surface area contributed by atoms with E-state index in [9.17, 15) is 9.59 Å². The molecule has 2 bridgehead atoms. The molecular formula is C21H26N6O3. The predicted octanol–water partition coefficient (Wildman–Crippen LogP) is 2.25. The van der Waals surface area contributed by atoms with E-state index in [0.29, 0.717) is 29.7 Å². The molecule has 1 fully saturated rings. The third kappa shape index (κ3) is 4.06. The van der Waals surface area contributed by atoms with Crippen molar-refractivity contribution in [3.63, 3.8) is 0 Å². The Hall–Kier alpha value is -3.20. The Kier molecular flexibility index (Phi) is 5.54. The summed E-state index contributed by atoms with van der Waals surface area (Å²) in [7, 11) is 3.96. The molecule has 4 rings (SSSR count). The number of Topliss-reactive ketones (excluding diaryl/α,β-unsaturated/α-hetero) is 1. The van der Waals surface area contributed by atoms with E-state index in [1.54, 1.807) is 29.3 Å². The van der Waals surface area contributed by atoms with Gasteiger partial charge in [0.2, 0.25) is 0 Å². The number of ether oxygens (including phenoxy) is 1. The molecular weight excluding hydrogens is 384 g/mol. The number of fused-ring (bicyclic) bond motifs is 4. The normalized spacial score (nSPS) is 17.1. The molecule has 0 aromatic carbocycles. The maximum atomic E-state index is 13.2. The summed E-state index contributed by atoms with van der Waals surface area (Å²) in [5.74, 6) is 1.44. The van der Waals surface area contributed by atoms with Crippen molar-refractivity contribution in [1.29, 1.82) is 0 Å². The van der Waals surface area contributed by atoms with Crippen molar-refractivity contribution in [2.75, 3.05) is 55.5 Å². The Bertz CT molecular complexity index is 964. The average Bonchev–Trinajstić information content (AvgIpc) is 3.12. The number of aromatic nitrogens is 2. The molecule has 158 valence electrons. The van der Waals surface area contributed by atoms with E-state index in [2.05, 4.69) is 20.2 Å². The molecule has 0 unspecified atom stereocenters. The summed E-state index contributed by atoms with van der Waals surface area (Å²) in [6.07, 6.45) is 2.45. The molecule has 1 saturated heterocycles. The second-order valence-corrected chi connectivity index (χ2v) is 7.81. The van der Waals surface area contributed by atoms with Crippen LogP contribution in [0, 0.1) is 0 Å². The van der Waals surface area contributed by atoms with E-state index >= 15 is 0 Å². The molecule has 0 aliphatic carbocycles. The molecule has 0 radical (unpaired) electrons. The first-order valence-electron chi connectivity index (χ1n) is 10.0. The van der Waals surface area contributed by atoms with Crippen LogP contribution < -0.4 is 19.9 Å². The fourth-order valence-corrected chi connectivity index (χ4v) is 3.75. The Balaban J connectivity index is 1.54. The van der Waals surface area contributed by atoms with Gasteiger partial charge in [0.15, 0.2) is 11.6 Å². The van der Waals surface area contributed by atoms with Crippen LogP contribution in [0.4, 0.5) is 22.1 Å². The number of urea groups is 1. The monoisotopic (exact) mass is 410 g/mol. The van der Waals surface area contributed by atoms with Crippen molar-refractivity contribution >= 4 is 29.1 Å². The van der Waals surface area contributed by atoms with Crippen molar-refractivity contribution in [1.82, 2.24) is 14.9 Å². The van der Waals surface area contributed by atoms with Gasteiger partial charge in [-0.05, 0) is 38.7 Å². The van der Waals surface area contributed by atoms with Crippen molar-refractivity contribution < 1.29 is 14.3 Å². The number of hydrogen-bond acceptors (Lipinski definition) is 7. The minimum Gasteiger partial charge on any atom is -0.492 e. The van der Waals surface area contributed by atoms with Crippen LogP contribution in [0.3, 0.4) is 0 Å². The van der Waals surface area contributed by atoms with E-state index in [-0.39, 0.29) is 17.9 Å². The fourth-order valence-electron chi connectivity index (χ4n) is 3.75. The molecule has 1 N–H and O–H groups in total. The highest BCUT2D eigenvalue weighted by Gasteiger charge is 2.40. The van der Waals surface area contributed by atoms with Crippen molar-refractivity contribution in [2.45, 2.75) is 19.4 Å². The zero-order valence-corrected chi connectivity index (χ0v) is 17.5. The molecule has 2 amide bonds. The van der Waals surface area contributed by atoms with Gasteiger partial charge in [-0.3, -0.25) is 15.0 Å². The van der Waals surface area contributed by atoms with Gasteiger partial charge in [0.25, 0.3) is 0 Å². The van der Waals surface area contributed by atoms with Crippen LogP contribution in [0.5, 0.6) is 5.75 Å². The number of nitrogens with zero attached hydrogens (tertiary/aromatic N) is 5. The van der Waals surface area contributed by atoms with Crippen molar-refractivity contribution in [2.24, 2.45) is 0 Å². The number of carbonyl (C=O) groups excluding carboxylic acids is 2. The van der Waals surface area contributed by atoms with Crippen molar-refractivity contribution in [3.05, 3.63) is 36.2 Å². The average molecular weight is 410 g/mol. The first kappa shape index (κ1) is 20.1. The summed E-state index contributed by atoms with van der Waals surface area (Å²) in [5.41, 5.74) is 1.22. The standard InChI is InChI=1S/C21H26N6O3/c1-14(28)17-4-5-18-20(23-17)27(15-7-9-26(18)13-15)21(29)24-19-12-16(6-8-22-19)30-11-10-25(2)3/h4-6,8,12,15H,7,9-11,13H2,1-3H3,(H,22,24,29)/t15-/m0/s1. The lowest BCUT2D eigenvalue weighted by atomic mass is 10.1. The number of amides is 2. The number of nitrogens with one attached hydrogen (secondary N) is 1. The number of pyridine rings is 2. The third-order valence-electron chi connectivity index (χ3n) is 5.31. The van der Waals surface area contributed by atoms with Gasteiger partial charge in [-0.2, -0.15) is 0 Å². The lowest BCUT2D eigenvalue weighted by Gasteiger charge is -2.35. The second kappa shape index (κ2) is 8.27. The van der Waals surface area contributed by atoms with E-state index in [0.717, 1.165) is 31.7 Å². The molecule has 9 nitrogen and oxygen atoms in total. The minimum atomic E-state index is -0.311. The number of anilines is 3. The highest BCUT2D eigenvalue weighted by atomic mass is 16.5. The molecule has 0 spiro atoms. The van der Waals surface area contributed by atoms with Crippen molar-refractivity contribution in [3.8, 4) is 5.75 Å². The molecule has 2 aliphatic rings. The summed E-state index contributed by atoms with van der Waals surface area (Å²) in [6.45, 7) is 4.41. The minimum absolute atomic E-state index is 0.00623. The Morgan fingerprint density at radius 1 is 1.30 bits per heavy atom. The largest absolute Gasteiger partial charge is 0.492 e. The Morgan fingerprint density at radius 2 is 2.13 bits per heavy atom. The van der Waals surface area contributed by atoms with Crippen LogP contribution in [-0.4, -0.2) is 73.1 Å². The molecule has 4 heterocycles.